The number of imidazole rings is 1. The van der Waals surface area contributed by atoms with Crippen molar-refractivity contribution in [3.63, 3.8) is 0 Å². The van der Waals surface area contributed by atoms with Crippen LogP contribution in [0, 0.1) is 13.8 Å². The number of alkyl halides is 3. The van der Waals surface area contributed by atoms with Crippen molar-refractivity contribution in [3.8, 4) is 0 Å². The van der Waals surface area contributed by atoms with Gasteiger partial charge >= 0.3 is 6.18 Å². The molecule has 1 aromatic carbocycles. The standard InChI is InChI=1S/C22H23F3N4O3/c1-14-15(2)29(13-26-14)10-16-5-4-6-18(9-16)27-20(31)21(3,32)12-28-11-17(22(23,24)25)7-8-19(28)30/h4-9,11,13,32H,10,12H2,1-3H3,(H,27,31). The van der Waals surface area contributed by atoms with E-state index in [2.05, 4.69) is 10.3 Å². The van der Waals surface area contributed by atoms with Crippen molar-refractivity contribution < 1.29 is 23.1 Å². The van der Waals surface area contributed by atoms with Gasteiger partial charge < -0.3 is 19.6 Å². The van der Waals surface area contributed by atoms with Gasteiger partial charge in [-0.15, -0.1) is 0 Å². The largest absolute Gasteiger partial charge is 0.417 e. The molecule has 1 atom stereocenters. The first-order valence-corrected chi connectivity index (χ1v) is 9.75. The molecule has 170 valence electrons. The van der Waals surface area contributed by atoms with Crippen LogP contribution in [0.1, 0.15) is 29.4 Å². The number of hydrogen-bond donors (Lipinski definition) is 2. The lowest BCUT2D eigenvalue weighted by molar-refractivity contribution is -0.138. The Morgan fingerprint density at radius 1 is 1.16 bits per heavy atom. The molecule has 0 aliphatic heterocycles. The lowest BCUT2D eigenvalue weighted by Crippen LogP contribution is -2.45. The lowest BCUT2D eigenvalue weighted by Gasteiger charge is -2.24. The normalized spacial score (nSPS) is 13.6. The Kier molecular flexibility index (Phi) is 6.27. The monoisotopic (exact) mass is 448 g/mol. The summed E-state index contributed by atoms with van der Waals surface area (Å²) in [6, 6.07) is 8.35. The number of anilines is 1. The van der Waals surface area contributed by atoms with Gasteiger partial charge in [0.25, 0.3) is 11.5 Å². The molecule has 2 N–H and O–H groups in total. The maximum Gasteiger partial charge on any atom is 0.417 e. The molecule has 2 heterocycles. The van der Waals surface area contributed by atoms with Crippen molar-refractivity contribution in [2.24, 2.45) is 0 Å². The van der Waals surface area contributed by atoms with Crippen LogP contribution in [0.5, 0.6) is 0 Å². The molecule has 1 amide bonds. The summed E-state index contributed by atoms with van der Waals surface area (Å²) >= 11 is 0. The highest BCUT2D eigenvalue weighted by Gasteiger charge is 2.34. The van der Waals surface area contributed by atoms with Gasteiger partial charge in [0.15, 0.2) is 5.60 Å². The van der Waals surface area contributed by atoms with Gasteiger partial charge in [-0.25, -0.2) is 4.98 Å². The number of carbonyl (C=O) groups is 1. The molecular weight excluding hydrogens is 425 g/mol. The molecule has 0 aliphatic rings. The lowest BCUT2D eigenvalue weighted by atomic mass is 10.1. The maximum atomic E-state index is 12.9. The third-order valence-corrected chi connectivity index (χ3v) is 5.16. The topological polar surface area (TPSA) is 89.2 Å². The van der Waals surface area contributed by atoms with Crippen LogP contribution in [0.3, 0.4) is 0 Å². The Balaban J connectivity index is 1.75. The van der Waals surface area contributed by atoms with E-state index in [9.17, 15) is 27.9 Å². The molecule has 10 heteroatoms. The van der Waals surface area contributed by atoms with Crippen molar-refractivity contribution in [2.45, 2.75) is 45.6 Å². The number of pyridine rings is 1. The molecule has 3 rings (SSSR count). The number of benzene rings is 1. The highest BCUT2D eigenvalue weighted by molar-refractivity contribution is 5.96. The minimum absolute atomic E-state index is 0.402. The second-order valence-corrected chi connectivity index (χ2v) is 7.85. The average molecular weight is 448 g/mol. The fourth-order valence-electron chi connectivity index (χ4n) is 3.14. The first kappa shape index (κ1) is 23.3. The Bertz CT molecular complexity index is 1200. The highest BCUT2D eigenvalue weighted by atomic mass is 19.4. The number of halogens is 3. The number of aryl methyl sites for hydroxylation is 1. The Morgan fingerprint density at radius 3 is 2.50 bits per heavy atom. The zero-order valence-electron chi connectivity index (χ0n) is 17.8. The molecule has 0 radical (unpaired) electrons. The number of nitrogens with zero attached hydrogens (tertiary/aromatic N) is 3. The summed E-state index contributed by atoms with van der Waals surface area (Å²) in [5, 5.41) is 13.2. The van der Waals surface area contributed by atoms with E-state index in [1.807, 2.05) is 24.5 Å². The average Bonchev–Trinajstić information content (AvgIpc) is 3.01. The van der Waals surface area contributed by atoms with E-state index in [4.69, 9.17) is 0 Å². The van der Waals surface area contributed by atoms with Gasteiger partial charge in [0.05, 0.1) is 24.1 Å². The second kappa shape index (κ2) is 8.62. The third-order valence-electron chi connectivity index (χ3n) is 5.16. The van der Waals surface area contributed by atoms with E-state index in [1.54, 1.807) is 24.5 Å². The first-order chi connectivity index (χ1) is 14.9. The number of rotatable bonds is 6. The molecule has 0 spiro atoms. The Hall–Kier alpha value is -3.40. The van der Waals surface area contributed by atoms with Gasteiger partial charge in [-0.1, -0.05) is 12.1 Å². The molecule has 0 bridgehead atoms. The van der Waals surface area contributed by atoms with Crippen molar-refractivity contribution in [3.05, 3.63) is 81.8 Å². The van der Waals surface area contributed by atoms with Crippen molar-refractivity contribution in [1.29, 1.82) is 0 Å². The van der Waals surface area contributed by atoms with Gasteiger partial charge in [-0.3, -0.25) is 9.59 Å². The summed E-state index contributed by atoms with van der Waals surface area (Å²) in [6.45, 7) is 4.86. The van der Waals surface area contributed by atoms with Crippen LogP contribution in [0.15, 0.2) is 53.7 Å². The molecule has 0 aliphatic carbocycles. The Morgan fingerprint density at radius 2 is 1.88 bits per heavy atom. The summed E-state index contributed by atoms with van der Waals surface area (Å²) in [5.41, 5.74) is -0.757. The number of hydrogen-bond acceptors (Lipinski definition) is 4. The van der Waals surface area contributed by atoms with Gasteiger partial charge in [0.2, 0.25) is 0 Å². The van der Waals surface area contributed by atoms with Crippen molar-refractivity contribution >= 4 is 11.6 Å². The minimum Gasteiger partial charge on any atom is -0.378 e. The molecular formula is C22H23F3N4O3. The van der Waals surface area contributed by atoms with Gasteiger partial charge in [-0.2, -0.15) is 13.2 Å². The zero-order valence-corrected chi connectivity index (χ0v) is 17.8. The van der Waals surface area contributed by atoms with E-state index in [1.165, 1.54) is 0 Å². The third kappa shape index (κ3) is 5.25. The van der Waals surface area contributed by atoms with Gasteiger partial charge in [0.1, 0.15) is 0 Å². The fourth-order valence-corrected chi connectivity index (χ4v) is 3.14. The smallest absolute Gasteiger partial charge is 0.378 e. The molecule has 1 unspecified atom stereocenters. The van der Waals surface area contributed by atoms with E-state index in [-0.39, 0.29) is 0 Å². The molecule has 0 saturated heterocycles. The summed E-state index contributed by atoms with van der Waals surface area (Å²) in [5.74, 6) is -0.853. The van der Waals surface area contributed by atoms with E-state index in [0.29, 0.717) is 29.1 Å². The Labute approximate surface area is 182 Å². The fraction of sp³-hybridized carbons (Fsp3) is 0.318. The molecule has 7 nitrogen and oxygen atoms in total. The van der Waals surface area contributed by atoms with Gasteiger partial charge in [0, 0.05) is 30.2 Å². The summed E-state index contributed by atoms with van der Waals surface area (Å²) in [6.07, 6.45) is -2.36. The number of amides is 1. The van der Waals surface area contributed by atoms with Crippen LogP contribution in [-0.2, 0) is 24.1 Å². The summed E-state index contributed by atoms with van der Waals surface area (Å²) in [7, 11) is 0. The zero-order chi connectivity index (χ0) is 23.7. The molecule has 0 saturated carbocycles. The van der Waals surface area contributed by atoms with Crippen LogP contribution < -0.4 is 10.9 Å². The molecule has 3 aromatic rings. The van der Waals surface area contributed by atoms with Crippen LogP contribution in [0.25, 0.3) is 0 Å². The number of aromatic nitrogens is 3. The van der Waals surface area contributed by atoms with Crippen LogP contribution in [0.4, 0.5) is 18.9 Å². The van der Waals surface area contributed by atoms with Crippen LogP contribution in [0.2, 0.25) is 0 Å². The number of carbonyl (C=O) groups excluding carboxylic acids is 1. The van der Waals surface area contributed by atoms with Gasteiger partial charge in [-0.05, 0) is 44.5 Å². The van der Waals surface area contributed by atoms with E-state index < -0.39 is 35.4 Å². The highest BCUT2D eigenvalue weighted by Crippen LogP contribution is 2.28. The molecule has 32 heavy (non-hydrogen) atoms. The summed E-state index contributed by atoms with van der Waals surface area (Å²) in [4.78, 5) is 28.8. The molecule has 0 fully saturated rings. The second-order valence-electron chi connectivity index (χ2n) is 7.85. The van der Waals surface area contributed by atoms with E-state index >= 15 is 0 Å². The minimum atomic E-state index is -4.66. The van der Waals surface area contributed by atoms with Crippen molar-refractivity contribution in [2.75, 3.05) is 5.32 Å². The SMILES string of the molecule is Cc1ncn(Cc2cccc(NC(=O)C(C)(O)Cn3cc(C(F)(F)F)ccc3=O)c2)c1C. The maximum absolute atomic E-state index is 12.9. The molecule has 2 aromatic heterocycles. The van der Waals surface area contributed by atoms with Crippen molar-refractivity contribution in [1.82, 2.24) is 14.1 Å². The first-order valence-electron chi connectivity index (χ1n) is 9.75. The number of aliphatic hydroxyl groups is 1. The predicted octanol–water partition coefficient (Wildman–Crippen LogP) is 3.12. The quantitative estimate of drug-likeness (QED) is 0.607. The van der Waals surface area contributed by atoms with E-state index in [0.717, 1.165) is 29.9 Å². The predicted molar refractivity (Wildman–Crippen MR) is 112 cm³/mol. The van der Waals surface area contributed by atoms with Crippen LogP contribution in [-0.4, -0.2) is 30.7 Å². The number of nitrogens with one attached hydrogen (secondary N) is 1. The van der Waals surface area contributed by atoms with Crippen LogP contribution >= 0.6 is 0 Å². The summed E-state index contributed by atoms with van der Waals surface area (Å²) < 4.78 is 41.4.